The predicted octanol–water partition coefficient (Wildman–Crippen LogP) is 13.3. The van der Waals surface area contributed by atoms with Crippen molar-refractivity contribution >= 4 is 53.3 Å². The molecule has 0 unspecified atom stereocenters. The van der Waals surface area contributed by atoms with Gasteiger partial charge in [-0.2, -0.15) is 0 Å². The summed E-state index contributed by atoms with van der Waals surface area (Å²) in [5.74, 6) is 1.34. The van der Waals surface area contributed by atoms with E-state index in [2.05, 4.69) is 152 Å². The molecular weight excluding hydrogens is 715 g/mol. The molecule has 0 aliphatic carbocycles. The van der Waals surface area contributed by atoms with Gasteiger partial charge in [-0.05, 0) is 69.1 Å². The van der Waals surface area contributed by atoms with Gasteiger partial charge in [0.1, 0.15) is 4.83 Å². The number of rotatable bonds is 6. The van der Waals surface area contributed by atoms with Crippen molar-refractivity contribution < 1.29 is 0 Å². The van der Waals surface area contributed by atoms with Gasteiger partial charge >= 0.3 is 0 Å². The molecule has 57 heavy (non-hydrogen) atoms. The first-order valence-corrected chi connectivity index (χ1v) is 19.7. The fourth-order valence-corrected chi connectivity index (χ4v) is 8.70. The lowest BCUT2D eigenvalue weighted by molar-refractivity contribution is 1.18. The summed E-state index contributed by atoms with van der Waals surface area (Å²) >= 11 is 1.64. The van der Waals surface area contributed by atoms with E-state index < -0.39 is 0 Å². The van der Waals surface area contributed by atoms with E-state index in [4.69, 9.17) is 24.9 Å². The molecular formula is C51H31N5S. The molecule has 0 saturated heterocycles. The van der Waals surface area contributed by atoms with E-state index >= 15 is 0 Å². The van der Waals surface area contributed by atoms with Crippen LogP contribution >= 0.6 is 11.3 Å². The molecule has 266 valence electrons. The van der Waals surface area contributed by atoms with Gasteiger partial charge < -0.3 is 0 Å². The zero-order valence-corrected chi connectivity index (χ0v) is 31.4. The molecule has 4 aromatic heterocycles. The molecule has 0 amide bonds. The zero-order valence-electron chi connectivity index (χ0n) is 30.5. The van der Waals surface area contributed by atoms with Crippen molar-refractivity contribution in [2.75, 3.05) is 0 Å². The average Bonchev–Trinajstić information content (AvgIpc) is 3.67. The van der Waals surface area contributed by atoms with E-state index in [1.807, 2.05) is 36.5 Å². The molecule has 0 bridgehead atoms. The SMILES string of the molecule is c1ccc(-c2ccc(-c3cc(-c4ccc(-c5nc(-c6ccc7cc8ccccc8cc7c6)c6sc7ncccc7c6n5)cc4)nc(-c4ccccc4)n3)cc2)cc1. The number of thiophene rings is 1. The fraction of sp³-hybridized carbons (Fsp3) is 0. The van der Waals surface area contributed by atoms with Crippen molar-refractivity contribution in [3.05, 3.63) is 188 Å². The molecule has 4 heterocycles. The quantitative estimate of drug-likeness (QED) is 0.159. The van der Waals surface area contributed by atoms with Crippen molar-refractivity contribution in [2.24, 2.45) is 0 Å². The Hall–Kier alpha value is -7.41. The largest absolute Gasteiger partial charge is 0.245 e. The van der Waals surface area contributed by atoms with Gasteiger partial charge in [0.2, 0.25) is 0 Å². The van der Waals surface area contributed by atoms with Gasteiger partial charge in [-0.25, -0.2) is 24.9 Å². The minimum Gasteiger partial charge on any atom is -0.245 e. The van der Waals surface area contributed by atoms with Crippen molar-refractivity contribution in [3.8, 4) is 67.7 Å². The topological polar surface area (TPSA) is 64.5 Å². The highest BCUT2D eigenvalue weighted by Crippen LogP contribution is 2.40. The number of pyridine rings is 1. The third-order valence-electron chi connectivity index (χ3n) is 10.6. The molecule has 0 aliphatic rings. The number of aromatic nitrogens is 5. The first-order chi connectivity index (χ1) is 28.2. The second kappa shape index (κ2) is 13.7. The molecule has 0 N–H and O–H groups in total. The Kier molecular flexibility index (Phi) is 7.93. The molecule has 0 aliphatic heterocycles. The van der Waals surface area contributed by atoms with Crippen LogP contribution in [0.1, 0.15) is 0 Å². The Morgan fingerprint density at radius 2 is 0.877 bits per heavy atom. The summed E-state index contributed by atoms with van der Waals surface area (Å²) in [6.07, 6.45) is 1.84. The van der Waals surface area contributed by atoms with Crippen LogP contribution in [0.2, 0.25) is 0 Å². The molecule has 0 atom stereocenters. The van der Waals surface area contributed by atoms with Crippen molar-refractivity contribution in [3.63, 3.8) is 0 Å². The van der Waals surface area contributed by atoms with Crippen LogP contribution in [0.3, 0.4) is 0 Å². The van der Waals surface area contributed by atoms with Crippen LogP contribution in [0.5, 0.6) is 0 Å². The molecule has 0 saturated carbocycles. The van der Waals surface area contributed by atoms with Crippen LogP contribution < -0.4 is 0 Å². The monoisotopic (exact) mass is 745 g/mol. The Balaban J connectivity index is 1.01. The summed E-state index contributed by atoms with van der Waals surface area (Å²) < 4.78 is 1.03. The van der Waals surface area contributed by atoms with E-state index in [-0.39, 0.29) is 0 Å². The molecule has 0 spiro atoms. The maximum Gasteiger partial charge on any atom is 0.160 e. The number of fused-ring (bicyclic) bond motifs is 5. The minimum atomic E-state index is 0.665. The summed E-state index contributed by atoms with van der Waals surface area (Å²) in [5.41, 5.74) is 10.8. The standard InChI is InChI=1S/C51H31N5S/c1-3-10-32(11-4-1)33-17-19-34(20-18-33)44-31-45(54-49(53-44)36-12-5-2-6-13-36)35-21-23-37(24-22-35)50-55-46(48-47(56-50)43-16-9-27-52-51(43)57-48)41-26-25-40-28-38-14-7-8-15-39(38)29-42(40)30-41/h1-31H. The highest BCUT2D eigenvalue weighted by Gasteiger charge is 2.18. The van der Waals surface area contributed by atoms with Gasteiger partial charge in [-0.3, -0.25) is 0 Å². The molecule has 5 nitrogen and oxygen atoms in total. The molecule has 6 heteroatoms. The van der Waals surface area contributed by atoms with Gasteiger partial charge in [0.25, 0.3) is 0 Å². The summed E-state index contributed by atoms with van der Waals surface area (Å²) in [6, 6.07) is 63.4. The summed E-state index contributed by atoms with van der Waals surface area (Å²) in [6.45, 7) is 0. The molecule has 11 rings (SSSR count). The Labute approximate surface area is 332 Å². The zero-order chi connectivity index (χ0) is 37.7. The second-order valence-corrected chi connectivity index (χ2v) is 15.1. The van der Waals surface area contributed by atoms with E-state index in [1.165, 1.54) is 27.1 Å². The summed E-state index contributed by atoms with van der Waals surface area (Å²) in [5, 5.41) is 5.85. The van der Waals surface area contributed by atoms with Crippen molar-refractivity contribution in [1.29, 1.82) is 0 Å². The fourth-order valence-electron chi connectivity index (χ4n) is 7.60. The third kappa shape index (κ3) is 6.09. The first-order valence-electron chi connectivity index (χ1n) is 18.9. The maximum atomic E-state index is 5.29. The van der Waals surface area contributed by atoms with E-state index in [0.717, 1.165) is 70.9 Å². The van der Waals surface area contributed by atoms with E-state index in [1.54, 1.807) is 11.3 Å². The first kappa shape index (κ1) is 33.0. The van der Waals surface area contributed by atoms with Gasteiger partial charge in [-0.15, -0.1) is 11.3 Å². The summed E-state index contributed by atoms with van der Waals surface area (Å²) in [4.78, 5) is 26.3. The third-order valence-corrected chi connectivity index (χ3v) is 11.7. The lowest BCUT2D eigenvalue weighted by Gasteiger charge is -2.11. The molecule has 11 aromatic rings. The highest BCUT2D eigenvalue weighted by atomic mass is 32.1. The number of nitrogens with zero attached hydrogens (tertiary/aromatic N) is 5. The van der Waals surface area contributed by atoms with E-state index in [0.29, 0.717) is 11.6 Å². The predicted molar refractivity (Wildman–Crippen MR) is 236 cm³/mol. The van der Waals surface area contributed by atoms with Crippen LogP contribution in [0.4, 0.5) is 0 Å². The van der Waals surface area contributed by atoms with Crippen LogP contribution in [0.25, 0.3) is 110 Å². The van der Waals surface area contributed by atoms with Gasteiger partial charge in [-0.1, -0.05) is 146 Å². The van der Waals surface area contributed by atoms with Gasteiger partial charge in [0.15, 0.2) is 11.6 Å². The number of hydrogen-bond donors (Lipinski definition) is 0. The lowest BCUT2D eigenvalue weighted by atomic mass is 10.00. The molecule has 7 aromatic carbocycles. The molecule has 0 radical (unpaired) electrons. The van der Waals surface area contributed by atoms with Crippen molar-refractivity contribution in [1.82, 2.24) is 24.9 Å². The van der Waals surface area contributed by atoms with Crippen molar-refractivity contribution in [2.45, 2.75) is 0 Å². The smallest absolute Gasteiger partial charge is 0.160 e. The Morgan fingerprint density at radius 3 is 1.58 bits per heavy atom. The number of benzene rings is 7. The van der Waals surface area contributed by atoms with E-state index in [9.17, 15) is 0 Å². The Morgan fingerprint density at radius 1 is 0.351 bits per heavy atom. The second-order valence-electron chi connectivity index (χ2n) is 14.1. The Bertz CT molecular complexity index is 3270. The van der Waals surface area contributed by atoms with Gasteiger partial charge in [0.05, 0.1) is 27.3 Å². The minimum absolute atomic E-state index is 0.665. The number of hydrogen-bond acceptors (Lipinski definition) is 6. The molecule has 0 fully saturated rings. The van der Waals surface area contributed by atoms with Gasteiger partial charge in [0, 0.05) is 39.4 Å². The maximum absolute atomic E-state index is 5.29. The van der Waals surface area contributed by atoms with Crippen LogP contribution in [-0.4, -0.2) is 24.9 Å². The summed E-state index contributed by atoms with van der Waals surface area (Å²) in [7, 11) is 0. The highest BCUT2D eigenvalue weighted by molar-refractivity contribution is 7.25. The van der Waals surface area contributed by atoms with Crippen LogP contribution in [-0.2, 0) is 0 Å². The van der Waals surface area contributed by atoms with Crippen LogP contribution in [0.15, 0.2) is 188 Å². The van der Waals surface area contributed by atoms with Crippen LogP contribution in [0, 0.1) is 0 Å². The normalized spacial score (nSPS) is 11.5. The average molecular weight is 746 g/mol. The lowest BCUT2D eigenvalue weighted by Crippen LogP contribution is -1.96.